The molecule has 1 amide bonds. The van der Waals surface area contributed by atoms with Crippen molar-refractivity contribution in [3.05, 3.63) is 70.2 Å². The van der Waals surface area contributed by atoms with Gasteiger partial charge in [-0.05, 0) is 42.7 Å². The zero-order valence-electron chi connectivity index (χ0n) is 18.2. The van der Waals surface area contributed by atoms with Crippen molar-refractivity contribution >= 4 is 28.5 Å². The Kier molecular flexibility index (Phi) is 7.95. The molecule has 1 heterocycles. The first-order valence-electron chi connectivity index (χ1n) is 10.2. The minimum atomic E-state index is -0.538. The van der Waals surface area contributed by atoms with Gasteiger partial charge in [0.15, 0.2) is 11.5 Å². The second kappa shape index (κ2) is 11.1. The zero-order chi connectivity index (χ0) is 22.9. The molecule has 1 atom stereocenters. The van der Waals surface area contributed by atoms with Crippen LogP contribution in [0.5, 0.6) is 11.5 Å². The van der Waals surface area contributed by atoms with Crippen LogP contribution in [0.4, 0.5) is 5.13 Å². The minimum absolute atomic E-state index is 0.0504. The summed E-state index contributed by atoms with van der Waals surface area (Å²) < 4.78 is 11.5. The molecule has 0 radical (unpaired) electrons. The SMILES string of the molecule is CCCc1nnc(NC(=O)/C(C#N)=C\c2ccc(OC(C)c3ccccc3)c(OC)c2)s1. The first-order valence-corrected chi connectivity index (χ1v) is 11.0. The van der Waals surface area contributed by atoms with Crippen LogP contribution in [0, 0.1) is 11.3 Å². The van der Waals surface area contributed by atoms with Gasteiger partial charge in [-0.3, -0.25) is 10.1 Å². The number of anilines is 1. The average Bonchev–Trinajstić information content (AvgIpc) is 3.25. The number of aryl methyl sites for hydroxylation is 1. The van der Waals surface area contributed by atoms with Crippen LogP contribution in [-0.4, -0.2) is 23.2 Å². The Morgan fingerprint density at radius 2 is 2.00 bits per heavy atom. The summed E-state index contributed by atoms with van der Waals surface area (Å²) in [6, 6.07) is 17.1. The average molecular weight is 449 g/mol. The van der Waals surface area contributed by atoms with E-state index in [4.69, 9.17) is 9.47 Å². The number of nitrogens with zero attached hydrogens (tertiary/aromatic N) is 3. The van der Waals surface area contributed by atoms with E-state index in [1.54, 1.807) is 25.3 Å². The van der Waals surface area contributed by atoms with E-state index in [-0.39, 0.29) is 11.7 Å². The van der Waals surface area contributed by atoms with Crippen molar-refractivity contribution in [2.24, 2.45) is 0 Å². The molecule has 0 fully saturated rings. The van der Waals surface area contributed by atoms with Crippen molar-refractivity contribution in [2.45, 2.75) is 32.8 Å². The topological polar surface area (TPSA) is 97.1 Å². The molecule has 0 aliphatic carbocycles. The van der Waals surface area contributed by atoms with Crippen LogP contribution in [0.15, 0.2) is 54.1 Å². The first kappa shape index (κ1) is 23.0. The lowest BCUT2D eigenvalue weighted by molar-refractivity contribution is -0.112. The summed E-state index contributed by atoms with van der Waals surface area (Å²) in [5.74, 6) is 0.539. The van der Waals surface area contributed by atoms with Crippen molar-refractivity contribution < 1.29 is 14.3 Å². The third kappa shape index (κ3) is 5.93. The van der Waals surface area contributed by atoms with Crippen molar-refractivity contribution in [1.29, 1.82) is 5.26 Å². The van der Waals surface area contributed by atoms with E-state index < -0.39 is 5.91 Å². The van der Waals surface area contributed by atoms with Gasteiger partial charge in [0.25, 0.3) is 5.91 Å². The fraction of sp³-hybridized carbons (Fsp3) is 0.250. The summed E-state index contributed by atoms with van der Waals surface area (Å²) in [4.78, 5) is 12.5. The van der Waals surface area contributed by atoms with Gasteiger partial charge in [0.1, 0.15) is 22.8 Å². The number of hydrogen-bond donors (Lipinski definition) is 1. The van der Waals surface area contributed by atoms with Crippen molar-refractivity contribution in [3.63, 3.8) is 0 Å². The molecule has 164 valence electrons. The lowest BCUT2D eigenvalue weighted by Gasteiger charge is -2.17. The van der Waals surface area contributed by atoms with Crippen molar-refractivity contribution in [3.8, 4) is 17.6 Å². The molecule has 0 aliphatic heterocycles. The van der Waals surface area contributed by atoms with Crippen LogP contribution in [0.25, 0.3) is 6.08 Å². The van der Waals surface area contributed by atoms with E-state index in [2.05, 4.69) is 15.5 Å². The molecule has 2 aromatic carbocycles. The fourth-order valence-corrected chi connectivity index (χ4v) is 3.79. The lowest BCUT2D eigenvalue weighted by Crippen LogP contribution is -2.13. The van der Waals surface area contributed by atoms with Gasteiger partial charge >= 0.3 is 0 Å². The number of benzene rings is 2. The second-order valence-electron chi connectivity index (χ2n) is 6.96. The molecule has 0 bridgehead atoms. The number of ether oxygens (including phenoxy) is 2. The molecule has 0 saturated heterocycles. The predicted octanol–water partition coefficient (Wildman–Crippen LogP) is 5.18. The molecule has 0 spiro atoms. The number of nitriles is 1. The summed E-state index contributed by atoms with van der Waals surface area (Å²) in [6.07, 6.45) is 3.07. The highest BCUT2D eigenvalue weighted by Crippen LogP contribution is 2.32. The van der Waals surface area contributed by atoms with Crippen molar-refractivity contribution in [1.82, 2.24) is 10.2 Å². The molecule has 1 N–H and O–H groups in total. The lowest BCUT2D eigenvalue weighted by atomic mass is 10.1. The standard InChI is InChI=1S/C24H24N4O3S/c1-4-8-22-27-28-24(32-22)26-23(29)19(15-25)13-17-11-12-20(21(14-17)30-3)31-16(2)18-9-6-5-7-10-18/h5-7,9-14,16H,4,8H2,1-3H3,(H,26,28,29)/b19-13-. The van der Waals surface area contributed by atoms with Crippen LogP contribution in [0.2, 0.25) is 0 Å². The van der Waals surface area contributed by atoms with E-state index in [9.17, 15) is 10.1 Å². The number of amides is 1. The van der Waals surface area contributed by atoms with E-state index >= 15 is 0 Å². The molecular formula is C24H24N4O3S. The van der Waals surface area contributed by atoms with Gasteiger partial charge in [-0.15, -0.1) is 10.2 Å². The normalized spacial score (nSPS) is 12.0. The maximum Gasteiger partial charge on any atom is 0.268 e. The smallest absolute Gasteiger partial charge is 0.268 e. The van der Waals surface area contributed by atoms with Crippen LogP contribution >= 0.6 is 11.3 Å². The zero-order valence-corrected chi connectivity index (χ0v) is 19.0. The number of rotatable bonds is 9. The summed E-state index contributed by atoms with van der Waals surface area (Å²) in [7, 11) is 1.55. The van der Waals surface area contributed by atoms with Gasteiger partial charge in [0.2, 0.25) is 5.13 Å². The number of nitrogens with one attached hydrogen (secondary N) is 1. The summed E-state index contributed by atoms with van der Waals surface area (Å²) in [5, 5.41) is 21.3. The molecule has 3 aromatic rings. The van der Waals surface area contributed by atoms with E-state index in [1.165, 1.54) is 17.4 Å². The summed E-state index contributed by atoms with van der Waals surface area (Å²) in [6.45, 7) is 4.00. The summed E-state index contributed by atoms with van der Waals surface area (Å²) in [5.41, 5.74) is 1.63. The van der Waals surface area contributed by atoms with Gasteiger partial charge in [0.05, 0.1) is 7.11 Å². The Labute approximate surface area is 191 Å². The van der Waals surface area contributed by atoms with Gasteiger partial charge in [-0.1, -0.05) is 54.7 Å². The number of carbonyl (C=O) groups is 1. The molecule has 7 nitrogen and oxygen atoms in total. The fourth-order valence-electron chi connectivity index (χ4n) is 2.95. The number of aromatic nitrogens is 2. The monoisotopic (exact) mass is 448 g/mol. The molecule has 32 heavy (non-hydrogen) atoms. The Morgan fingerprint density at radius 3 is 2.69 bits per heavy atom. The molecule has 1 aromatic heterocycles. The Hall–Kier alpha value is -3.70. The van der Waals surface area contributed by atoms with Gasteiger partial charge in [-0.25, -0.2) is 0 Å². The van der Waals surface area contributed by atoms with Crippen LogP contribution in [0.3, 0.4) is 0 Å². The highest BCUT2D eigenvalue weighted by atomic mass is 32.1. The molecule has 1 unspecified atom stereocenters. The highest BCUT2D eigenvalue weighted by Gasteiger charge is 2.15. The van der Waals surface area contributed by atoms with Crippen LogP contribution < -0.4 is 14.8 Å². The maximum absolute atomic E-state index is 12.5. The van der Waals surface area contributed by atoms with Crippen molar-refractivity contribution in [2.75, 3.05) is 12.4 Å². The van der Waals surface area contributed by atoms with E-state index in [1.807, 2.05) is 50.2 Å². The molecular weight excluding hydrogens is 424 g/mol. The van der Waals surface area contributed by atoms with Crippen LogP contribution in [0.1, 0.15) is 42.5 Å². The van der Waals surface area contributed by atoms with Gasteiger partial charge in [-0.2, -0.15) is 5.26 Å². The molecule has 3 rings (SSSR count). The summed E-state index contributed by atoms with van der Waals surface area (Å²) >= 11 is 1.30. The highest BCUT2D eigenvalue weighted by molar-refractivity contribution is 7.15. The first-order chi connectivity index (χ1) is 15.5. The third-order valence-electron chi connectivity index (χ3n) is 4.59. The molecule has 0 aliphatic rings. The second-order valence-corrected chi connectivity index (χ2v) is 8.02. The maximum atomic E-state index is 12.5. The van der Waals surface area contributed by atoms with E-state index in [0.29, 0.717) is 22.2 Å². The Balaban J connectivity index is 1.75. The molecule has 8 heteroatoms. The van der Waals surface area contributed by atoms with Gasteiger partial charge < -0.3 is 9.47 Å². The van der Waals surface area contributed by atoms with E-state index in [0.717, 1.165) is 23.4 Å². The Bertz CT molecular complexity index is 1140. The number of carbonyl (C=O) groups excluding carboxylic acids is 1. The Morgan fingerprint density at radius 1 is 1.22 bits per heavy atom. The molecule has 0 saturated carbocycles. The quantitative estimate of drug-likeness (QED) is 0.358. The number of methoxy groups -OCH3 is 1. The third-order valence-corrected chi connectivity index (χ3v) is 5.49. The minimum Gasteiger partial charge on any atom is -0.493 e. The predicted molar refractivity (Wildman–Crippen MR) is 125 cm³/mol. The number of hydrogen-bond acceptors (Lipinski definition) is 7. The largest absolute Gasteiger partial charge is 0.493 e. The van der Waals surface area contributed by atoms with Gasteiger partial charge in [0, 0.05) is 6.42 Å². The van der Waals surface area contributed by atoms with Crippen LogP contribution in [-0.2, 0) is 11.2 Å².